The molecule has 0 saturated heterocycles. The first-order valence-electron chi connectivity index (χ1n) is 6.08. The van der Waals surface area contributed by atoms with Crippen LogP contribution in [0.4, 0.5) is 22.0 Å². The van der Waals surface area contributed by atoms with Gasteiger partial charge in [0, 0.05) is 6.07 Å². The maximum Gasteiger partial charge on any atom is 0.339 e. The van der Waals surface area contributed by atoms with Gasteiger partial charge in [-0.05, 0) is 12.1 Å². The summed E-state index contributed by atoms with van der Waals surface area (Å²) in [6.45, 7) is -0.169. The summed E-state index contributed by atoms with van der Waals surface area (Å²) >= 11 is 0. The molecule has 0 fully saturated rings. The first-order chi connectivity index (χ1) is 11.2. The molecule has 0 N–H and O–H groups in total. The van der Waals surface area contributed by atoms with E-state index in [1.807, 2.05) is 0 Å². The fourth-order valence-electron chi connectivity index (χ4n) is 1.85. The fourth-order valence-corrected chi connectivity index (χ4v) is 2.80. The van der Waals surface area contributed by atoms with E-state index in [0.29, 0.717) is 0 Å². The lowest BCUT2D eigenvalue weighted by molar-refractivity contribution is 0.174. The summed E-state index contributed by atoms with van der Waals surface area (Å²) in [5.41, 5.74) is 0. The van der Waals surface area contributed by atoms with Crippen LogP contribution in [0, 0.1) is 29.1 Å². The van der Waals surface area contributed by atoms with Crippen LogP contribution in [0.25, 0.3) is 0 Å². The SMILES string of the molecule is O=S(=O)(Oc1c(F)c(F)c(F)c(F)c1F)c1ccc2c(c1)OCO2. The quantitative estimate of drug-likeness (QED) is 0.361. The summed E-state index contributed by atoms with van der Waals surface area (Å²) in [5.74, 6) is -13.6. The molecule has 0 unspecified atom stereocenters. The first-order valence-corrected chi connectivity index (χ1v) is 7.49. The highest BCUT2D eigenvalue weighted by Gasteiger charge is 2.31. The third-order valence-electron chi connectivity index (χ3n) is 3.00. The largest absolute Gasteiger partial charge is 0.454 e. The van der Waals surface area contributed by atoms with Crippen molar-refractivity contribution in [2.24, 2.45) is 0 Å². The minimum Gasteiger partial charge on any atom is -0.454 e. The molecule has 128 valence electrons. The van der Waals surface area contributed by atoms with E-state index in [4.69, 9.17) is 9.47 Å². The fraction of sp³-hybridized carbons (Fsp3) is 0.0769. The van der Waals surface area contributed by atoms with Gasteiger partial charge >= 0.3 is 10.1 Å². The lowest BCUT2D eigenvalue weighted by Crippen LogP contribution is -2.14. The van der Waals surface area contributed by atoms with Crippen LogP contribution in [0.3, 0.4) is 0 Å². The first kappa shape index (κ1) is 16.3. The highest BCUT2D eigenvalue weighted by atomic mass is 32.2. The van der Waals surface area contributed by atoms with Crippen molar-refractivity contribution in [1.82, 2.24) is 0 Å². The lowest BCUT2D eigenvalue weighted by atomic mass is 10.3. The third-order valence-corrected chi connectivity index (χ3v) is 4.21. The highest BCUT2D eigenvalue weighted by molar-refractivity contribution is 7.87. The molecule has 0 bridgehead atoms. The molecular formula is C13H5F5O5S. The Labute approximate surface area is 131 Å². The van der Waals surface area contributed by atoms with Gasteiger partial charge in [0.15, 0.2) is 11.5 Å². The molecule has 3 rings (SSSR count). The Bertz CT molecular complexity index is 915. The number of hydrogen-bond donors (Lipinski definition) is 0. The monoisotopic (exact) mass is 368 g/mol. The zero-order chi connectivity index (χ0) is 17.6. The van der Waals surface area contributed by atoms with E-state index >= 15 is 0 Å². The summed E-state index contributed by atoms with van der Waals surface area (Å²) in [6.07, 6.45) is 0. The smallest absolute Gasteiger partial charge is 0.339 e. The highest BCUT2D eigenvalue weighted by Crippen LogP contribution is 2.36. The molecule has 11 heteroatoms. The number of benzene rings is 2. The van der Waals surface area contributed by atoms with Gasteiger partial charge in [-0.2, -0.15) is 17.2 Å². The van der Waals surface area contributed by atoms with Crippen LogP contribution < -0.4 is 13.7 Å². The zero-order valence-corrected chi connectivity index (χ0v) is 12.1. The molecule has 0 saturated carbocycles. The molecule has 0 spiro atoms. The summed E-state index contributed by atoms with van der Waals surface area (Å²) < 4.78 is 104. The van der Waals surface area contributed by atoms with E-state index < -0.39 is 49.8 Å². The van der Waals surface area contributed by atoms with Gasteiger partial charge in [-0.1, -0.05) is 0 Å². The standard InChI is InChI=1S/C13H5F5O5S/c14-8-9(15)11(17)13(12(18)10(8)16)23-24(19,20)5-1-2-6-7(3-5)22-4-21-6/h1-3H,4H2. The second-order valence-electron chi connectivity index (χ2n) is 4.45. The van der Waals surface area contributed by atoms with Crippen molar-refractivity contribution in [3.05, 3.63) is 47.3 Å². The Morgan fingerprint density at radius 3 is 2.00 bits per heavy atom. The predicted molar refractivity (Wildman–Crippen MR) is 66.6 cm³/mol. The number of halogens is 5. The van der Waals surface area contributed by atoms with Crippen molar-refractivity contribution in [2.45, 2.75) is 4.90 Å². The number of rotatable bonds is 3. The van der Waals surface area contributed by atoms with Crippen LogP contribution in [0.2, 0.25) is 0 Å². The molecule has 0 atom stereocenters. The van der Waals surface area contributed by atoms with Gasteiger partial charge in [0.2, 0.25) is 41.6 Å². The Kier molecular flexibility index (Phi) is 3.74. The van der Waals surface area contributed by atoms with E-state index in [2.05, 4.69) is 4.18 Å². The summed E-state index contributed by atoms with van der Waals surface area (Å²) in [4.78, 5) is -0.629. The van der Waals surface area contributed by atoms with Crippen LogP contribution in [-0.2, 0) is 10.1 Å². The molecule has 5 nitrogen and oxygen atoms in total. The van der Waals surface area contributed by atoms with E-state index in [1.165, 1.54) is 6.07 Å². The maximum absolute atomic E-state index is 13.5. The summed E-state index contributed by atoms with van der Waals surface area (Å²) in [6, 6.07) is 3.05. The van der Waals surface area contributed by atoms with Crippen LogP contribution in [0.1, 0.15) is 0 Å². The molecule has 1 heterocycles. The van der Waals surface area contributed by atoms with E-state index in [9.17, 15) is 30.4 Å². The van der Waals surface area contributed by atoms with Gasteiger partial charge in [0.1, 0.15) is 4.90 Å². The zero-order valence-electron chi connectivity index (χ0n) is 11.3. The van der Waals surface area contributed by atoms with Gasteiger partial charge < -0.3 is 13.7 Å². The molecule has 2 aromatic rings. The molecule has 0 aliphatic carbocycles. The van der Waals surface area contributed by atoms with Crippen molar-refractivity contribution in [3.8, 4) is 17.2 Å². The van der Waals surface area contributed by atoms with Crippen molar-refractivity contribution >= 4 is 10.1 Å². The Morgan fingerprint density at radius 1 is 0.833 bits per heavy atom. The normalized spacial score (nSPS) is 13.2. The molecule has 0 amide bonds. The van der Waals surface area contributed by atoms with E-state index in [0.717, 1.165) is 12.1 Å². The van der Waals surface area contributed by atoms with Crippen molar-refractivity contribution in [2.75, 3.05) is 6.79 Å². The predicted octanol–water partition coefficient (Wildman–Crippen LogP) is 2.88. The Balaban J connectivity index is 2.05. The van der Waals surface area contributed by atoms with Crippen LogP contribution in [-0.4, -0.2) is 15.2 Å². The average molecular weight is 368 g/mol. The second kappa shape index (κ2) is 5.51. The molecule has 1 aliphatic heterocycles. The molecule has 2 aromatic carbocycles. The molecule has 1 aliphatic rings. The molecule has 0 aromatic heterocycles. The van der Waals surface area contributed by atoms with Crippen LogP contribution >= 0.6 is 0 Å². The summed E-state index contributed by atoms with van der Waals surface area (Å²) in [5, 5.41) is 0. The van der Waals surface area contributed by atoms with Crippen LogP contribution in [0.15, 0.2) is 23.1 Å². The lowest BCUT2D eigenvalue weighted by Gasteiger charge is -2.10. The van der Waals surface area contributed by atoms with Gasteiger partial charge in [0.05, 0.1) is 0 Å². The Hall–Kier alpha value is -2.56. The molecule has 0 radical (unpaired) electrons. The Morgan fingerprint density at radius 2 is 1.38 bits per heavy atom. The average Bonchev–Trinajstić information content (AvgIpc) is 3.03. The van der Waals surface area contributed by atoms with Gasteiger partial charge in [-0.3, -0.25) is 0 Å². The van der Waals surface area contributed by atoms with E-state index in [-0.39, 0.29) is 18.3 Å². The van der Waals surface area contributed by atoms with Crippen molar-refractivity contribution in [1.29, 1.82) is 0 Å². The van der Waals surface area contributed by atoms with Gasteiger partial charge in [0.25, 0.3) is 0 Å². The number of ether oxygens (including phenoxy) is 2. The number of fused-ring (bicyclic) bond motifs is 1. The minimum atomic E-state index is -4.90. The molecule has 24 heavy (non-hydrogen) atoms. The molecular weight excluding hydrogens is 363 g/mol. The summed E-state index contributed by atoms with van der Waals surface area (Å²) in [7, 11) is -4.90. The second-order valence-corrected chi connectivity index (χ2v) is 6.00. The van der Waals surface area contributed by atoms with Gasteiger partial charge in [-0.15, -0.1) is 0 Å². The van der Waals surface area contributed by atoms with E-state index in [1.54, 1.807) is 0 Å². The minimum absolute atomic E-state index is 0.0112. The number of hydrogen-bond acceptors (Lipinski definition) is 5. The van der Waals surface area contributed by atoms with Crippen molar-refractivity contribution in [3.63, 3.8) is 0 Å². The third kappa shape index (κ3) is 2.50. The maximum atomic E-state index is 13.5. The van der Waals surface area contributed by atoms with Crippen molar-refractivity contribution < 1.29 is 44.0 Å². The van der Waals surface area contributed by atoms with Gasteiger partial charge in [-0.25, -0.2) is 13.2 Å². The topological polar surface area (TPSA) is 61.8 Å². The van der Waals surface area contributed by atoms with Crippen LogP contribution in [0.5, 0.6) is 17.2 Å².